The van der Waals surface area contributed by atoms with E-state index in [0.29, 0.717) is 12.1 Å². The van der Waals surface area contributed by atoms with E-state index in [1.54, 1.807) is 0 Å². The Bertz CT molecular complexity index is 833. The molecule has 0 fully saturated rings. The number of urea groups is 1. The van der Waals surface area contributed by atoms with E-state index in [1.165, 1.54) is 0 Å². The molecule has 2 aromatic rings. The summed E-state index contributed by atoms with van der Waals surface area (Å²) in [5.74, 6) is -0.236. The molecular formula is C18H16N4O3. The van der Waals surface area contributed by atoms with Crippen molar-refractivity contribution in [1.82, 2.24) is 16.2 Å². The van der Waals surface area contributed by atoms with Crippen LogP contribution < -0.4 is 16.2 Å². The van der Waals surface area contributed by atoms with Crippen molar-refractivity contribution < 1.29 is 14.4 Å². The first-order valence-electron chi connectivity index (χ1n) is 7.69. The zero-order chi connectivity index (χ0) is 17.6. The number of ketones is 1. The monoisotopic (exact) mass is 336 g/mol. The van der Waals surface area contributed by atoms with E-state index >= 15 is 0 Å². The molecule has 1 aliphatic rings. The van der Waals surface area contributed by atoms with Crippen LogP contribution in [0, 0.1) is 0 Å². The van der Waals surface area contributed by atoms with Gasteiger partial charge >= 0.3 is 6.03 Å². The molecule has 1 unspecified atom stereocenters. The highest BCUT2D eigenvalue weighted by Crippen LogP contribution is 2.21. The lowest BCUT2D eigenvalue weighted by Crippen LogP contribution is -2.49. The highest BCUT2D eigenvalue weighted by atomic mass is 16.2. The van der Waals surface area contributed by atoms with Crippen molar-refractivity contribution in [3.8, 4) is 0 Å². The van der Waals surface area contributed by atoms with Gasteiger partial charge in [-0.15, -0.1) is 0 Å². The maximum Gasteiger partial charge on any atom is 0.335 e. The number of amides is 3. The van der Waals surface area contributed by atoms with Crippen molar-refractivity contribution in [2.75, 3.05) is 0 Å². The van der Waals surface area contributed by atoms with Gasteiger partial charge in [-0.05, 0) is 5.56 Å². The Kier molecular flexibility index (Phi) is 4.84. The van der Waals surface area contributed by atoms with Crippen LogP contribution in [0.5, 0.6) is 0 Å². The molecule has 3 rings (SSSR count). The first-order chi connectivity index (χ1) is 12.2. The Balaban J connectivity index is 2.00. The molecule has 0 radical (unpaired) electrons. The molecule has 0 aromatic heterocycles. The van der Waals surface area contributed by atoms with Gasteiger partial charge in [0.2, 0.25) is 6.41 Å². The molecule has 1 aliphatic heterocycles. The van der Waals surface area contributed by atoms with Gasteiger partial charge < -0.3 is 5.32 Å². The number of carbonyl (C=O) groups is 3. The number of nitrogens with zero attached hydrogens (tertiary/aromatic N) is 1. The Morgan fingerprint density at radius 1 is 1.08 bits per heavy atom. The molecule has 0 spiro atoms. The predicted octanol–water partition coefficient (Wildman–Crippen LogP) is 0.936. The number of benzene rings is 2. The van der Waals surface area contributed by atoms with Crippen molar-refractivity contribution in [2.45, 2.75) is 12.6 Å². The van der Waals surface area contributed by atoms with Crippen LogP contribution in [0.4, 0.5) is 4.79 Å². The largest absolute Gasteiger partial charge is 0.335 e. The normalized spacial score (nSPS) is 16.1. The highest BCUT2D eigenvalue weighted by Gasteiger charge is 2.26. The topological polar surface area (TPSA) is 99.7 Å². The van der Waals surface area contributed by atoms with Gasteiger partial charge in [-0.1, -0.05) is 54.6 Å². The van der Waals surface area contributed by atoms with E-state index in [1.807, 2.05) is 60.0 Å². The summed E-state index contributed by atoms with van der Waals surface area (Å²) < 4.78 is 0. The molecule has 0 aliphatic carbocycles. The van der Waals surface area contributed by atoms with Crippen molar-refractivity contribution in [3.05, 3.63) is 71.3 Å². The Morgan fingerprint density at radius 3 is 2.56 bits per heavy atom. The first kappa shape index (κ1) is 16.4. The van der Waals surface area contributed by atoms with Gasteiger partial charge in [0, 0.05) is 17.5 Å². The number of fused-ring (bicyclic) bond motifs is 1. The number of aliphatic imine (C=N–C) groups is 1. The molecule has 3 amide bonds. The fraction of sp³-hybridized carbons (Fsp3) is 0.111. The zero-order valence-electron chi connectivity index (χ0n) is 13.2. The molecule has 25 heavy (non-hydrogen) atoms. The van der Waals surface area contributed by atoms with E-state index in [2.05, 4.69) is 15.7 Å². The van der Waals surface area contributed by atoms with Crippen LogP contribution in [0.2, 0.25) is 0 Å². The van der Waals surface area contributed by atoms with Crippen LogP contribution >= 0.6 is 0 Å². The second-order valence-corrected chi connectivity index (χ2v) is 5.41. The summed E-state index contributed by atoms with van der Waals surface area (Å²) >= 11 is 0. The summed E-state index contributed by atoms with van der Waals surface area (Å²) in [6.45, 7) is 0. The van der Waals surface area contributed by atoms with Gasteiger partial charge in [0.1, 0.15) is 0 Å². The van der Waals surface area contributed by atoms with Crippen LogP contribution in [0.25, 0.3) is 0 Å². The molecule has 126 valence electrons. The van der Waals surface area contributed by atoms with Gasteiger partial charge in [-0.3, -0.25) is 20.0 Å². The summed E-state index contributed by atoms with van der Waals surface area (Å²) in [7, 11) is 0. The average Bonchev–Trinajstić information content (AvgIpc) is 2.77. The first-order valence-corrected chi connectivity index (χ1v) is 7.69. The Hall–Kier alpha value is -3.48. The van der Waals surface area contributed by atoms with E-state index in [-0.39, 0.29) is 12.2 Å². The number of hydrogen-bond donors (Lipinski definition) is 3. The van der Waals surface area contributed by atoms with Gasteiger partial charge in [0.15, 0.2) is 11.9 Å². The molecule has 1 heterocycles. The van der Waals surface area contributed by atoms with E-state index in [9.17, 15) is 14.4 Å². The lowest BCUT2D eigenvalue weighted by Gasteiger charge is -2.13. The van der Waals surface area contributed by atoms with E-state index in [0.717, 1.165) is 16.7 Å². The smallest absolute Gasteiger partial charge is 0.308 e. The standard InChI is InChI=1S/C18H16N4O3/c23-11-19-22-18(25)21-17-15(24)10-13-8-4-5-9-14(13)16(20-17)12-6-2-1-3-7-12/h1-9,11,17H,10H2,(H,19,23)(H2,21,22,25). The van der Waals surface area contributed by atoms with Crippen LogP contribution in [0.1, 0.15) is 16.7 Å². The summed E-state index contributed by atoms with van der Waals surface area (Å²) in [6, 6.07) is 16.3. The highest BCUT2D eigenvalue weighted by molar-refractivity contribution is 6.16. The third-order valence-electron chi connectivity index (χ3n) is 3.76. The summed E-state index contributed by atoms with van der Waals surface area (Å²) in [5, 5.41) is 2.47. The number of carbonyl (C=O) groups excluding carboxylic acids is 3. The number of nitrogens with one attached hydrogen (secondary N) is 3. The zero-order valence-corrected chi connectivity index (χ0v) is 13.2. The summed E-state index contributed by atoms with van der Waals surface area (Å²) in [6.07, 6.45) is -0.568. The van der Waals surface area contributed by atoms with E-state index in [4.69, 9.17) is 0 Å². The van der Waals surface area contributed by atoms with Crippen LogP contribution in [0.3, 0.4) is 0 Å². The summed E-state index contributed by atoms with van der Waals surface area (Å²) in [4.78, 5) is 39.1. The maximum absolute atomic E-state index is 12.5. The molecule has 7 nitrogen and oxygen atoms in total. The minimum absolute atomic E-state index is 0.155. The molecule has 0 bridgehead atoms. The number of hydrazine groups is 1. The molecular weight excluding hydrogens is 320 g/mol. The number of Topliss-reactive ketones (excluding diaryl/α,β-unsaturated/α-hetero) is 1. The van der Waals surface area contributed by atoms with Crippen LogP contribution in [-0.4, -0.2) is 30.1 Å². The number of rotatable bonds is 4. The van der Waals surface area contributed by atoms with Crippen LogP contribution in [-0.2, 0) is 16.0 Å². The minimum Gasteiger partial charge on any atom is -0.308 e. The van der Waals surface area contributed by atoms with Gasteiger partial charge in [0.05, 0.1) is 5.71 Å². The number of hydrogen-bond acceptors (Lipinski definition) is 4. The lowest BCUT2D eigenvalue weighted by molar-refractivity contribution is -0.120. The molecule has 1 atom stereocenters. The fourth-order valence-corrected chi connectivity index (χ4v) is 2.65. The third-order valence-corrected chi connectivity index (χ3v) is 3.76. The molecule has 2 aromatic carbocycles. The van der Waals surface area contributed by atoms with Crippen molar-refractivity contribution in [1.29, 1.82) is 0 Å². The molecule has 0 saturated heterocycles. The van der Waals surface area contributed by atoms with Crippen LogP contribution in [0.15, 0.2) is 59.6 Å². The molecule has 7 heteroatoms. The SMILES string of the molecule is O=CNNC(=O)NC1N=C(c2ccccc2)c2ccccc2CC1=O. The second kappa shape index (κ2) is 7.39. The van der Waals surface area contributed by atoms with E-state index < -0.39 is 12.2 Å². The van der Waals surface area contributed by atoms with Gasteiger partial charge in [0.25, 0.3) is 0 Å². The lowest BCUT2D eigenvalue weighted by atomic mass is 9.96. The van der Waals surface area contributed by atoms with Gasteiger partial charge in [-0.2, -0.15) is 0 Å². The summed E-state index contributed by atoms with van der Waals surface area (Å²) in [5.41, 5.74) is 7.33. The Morgan fingerprint density at radius 2 is 1.80 bits per heavy atom. The molecule has 3 N–H and O–H groups in total. The predicted molar refractivity (Wildman–Crippen MR) is 91.9 cm³/mol. The van der Waals surface area contributed by atoms with Crippen molar-refractivity contribution in [2.24, 2.45) is 4.99 Å². The van der Waals surface area contributed by atoms with Gasteiger partial charge in [-0.25, -0.2) is 10.2 Å². The maximum atomic E-state index is 12.5. The third kappa shape index (κ3) is 3.72. The fourth-order valence-electron chi connectivity index (χ4n) is 2.65. The molecule has 0 saturated carbocycles. The average molecular weight is 336 g/mol. The van der Waals surface area contributed by atoms with Crippen molar-refractivity contribution >= 4 is 23.9 Å². The second-order valence-electron chi connectivity index (χ2n) is 5.41. The Labute approximate surface area is 144 Å². The quantitative estimate of drug-likeness (QED) is 0.572. The van der Waals surface area contributed by atoms with Crippen molar-refractivity contribution in [3.63, 3.8) is 0 Å². The minimum atomic E-state index is -1.05.